The number of benzene rings is 1. The van der Waals surface area contributed by atoms with Crippen molar-refractivity contribution in [3.05, 3.63) is 21.3 Å². The molecule has 1 aromatic carbocycles. The summed E-state index contributed by atoms with van der Waals surface area (Å²) in [6.45, 7) is 0.213. The molecular weight excluding hydrogens is 307 g/mol. The maximum Gasteiger partial charge on any atom is 0.161 e. The minimum atomic E-state index is 0.213. The Bertz CT molecular complexity index is 326. The molecule has 15 heavy (non-hydrogen) atoms. The van der Waals surface area contributed by atoms with Crippen LogP contribution in [-0.2, 0) is 6.42 Å². The van der Waals surface area contributed by atoms with Crippen LogP contribution < -0.4 is 9.47 Å². The van der Waals surface area contributed by atoms with Gasteiger partial charge in [0, 0.05) is 10.2 Å². The van der Waals surface area contributed by atoms with Crippen molar-refractivity contribution in [1.82, 2.24) is 0 Å². The topological polar surface area (TPSA) is 38.7 Å². The van der Waals surface area contributed by atoms with Gasteiger partial charge in [0.1, 0.15) is 0 Å². The van der Waals surface area contributed by atoms with Crippen LogP contribution in [0.1, 0.15) is 12.0 Å². The summed E-state index contributed by atoms with van der Waals surface area (Å²) < 4.78 is 11.6. The van der Waals surface area contributed by atoms with Gasteiger partial charge < -0.3 is 14.6 Å². The predicted molar refractivity (Wildman–Crippen MR) is 67.7 cm³/mol. The molecule has 0 saturated carbocycles. The molecule has 0 fully saturated rings. The van der Waals surface area contributed by atoms with Gasteiger partial charge in [-0.3, -0.25) is 0 Å². The van der Waals surface area contributed by atoms with Crippen molar-refractivity contribution >= 4 is 22.6 Å². The molecule has 4 heteroatoms. The third kappa shape index (κ3) is 3.24. The van der Waals surface area contributed by atoms with Crippen LogP contribution in [0.4, 0.5) is 0 Å². The van der Waals surface area contributed by atoms with Crippen molar-refractivity contribution in [2.45, 2.75) is 12.8 Å². The van der Waals surface area contributed by atoms with E-state index in [2.05, 4.69) is 22.6 Å². The fourth-order valence-electron chi connectivity index (χ4n) is 1.36. The Morgan fingerprint density at radius 3 is 2.33 bits per heavy atom. The normalized spacial score (nSPS) is 10.1. The summed E-state index contributed by atoms with van der Waals surface area (Å²) in [7, 11) is 3.25. The molecule has 0 aliphatic carbocycles. The van der Waals surface area contributed by atoms with Gasteiger partial charge in [0.25, 0.3) is 0 Å². The van der Waals surface area contributed by atoms with Crippen molar-refractivity contribution in [2.24, 2.45) is 0 Å². The highest BCUT2D eigenvalue weighted by molar-refractivity contribution is 14.1. The number of ether oxygens (including phenoxy) is 2. The van der Waals surface area contributed by atoms with E-state index in [0.29, 0.717) is 0 Å². The molecule has 0 spiro atoms. The number of hydrogen-bond donors (Lipinski definition) is 1. The third-order valence-electron chi connectivity index (χ3n) is 2.16. The molecule has 0 radical (unpaired) electrons. The van der Waals surface area contributed by atoms with Crippen molar-refractivity contribution in [3.63, 3.8) is 0 Å². The molecule has 0 aromatic heterocycles. The fraction of sp³-hybridized carbons (Fsp3) is 0.455. The van der Waals surface area contributed by atoms with Gasteiger partial charge in [0.15, 0.2) is 11.5 Å². The van der Waals surface area contributed by atoms with Crippen molar-refractivity contribution in [1.29, 1.82) is 0 Å². The fourth-order valence-corrected chi connectivity index (χ4v) is 2.07. The Morgan fingerprint density at radius 2 is 1.80 bits per heavy atom. The van der Waals surface area contributed by atoms with Crippen LogP contribution in [-0.4, -0.2) is 25.9 Å². The highest BCUT2D eigenvalue weighted by Gasteiger charge is 2.08. The van der Waals surface area contributed by atoms with Gasteiger partial charge in [-0.2, -0.15) is 0 Å². The lowest BCUT2D eigenvalue weighted by Gasteiger charge is -2.11. The van der Waals surface area contributed by atoms with E-state index in [4.69, 9.17) is 14.6 Å². The summed E-state index contributed by atoms with van der Waals surface area (Å²) in [6.07, 6.45) is 1.63. The Balaban J connectivity index is 2.97. The quantitative estimate of drug-likeness (QED) is 0.845. The zero-order valence-corrected chi connectivity index (χ0v) is 11.1. The van der Waals surface area contributed by atoms with Crippen LogP contribution in [0.2, 0.25) is 0 Å². The number of aliphatic hydroxyl groups excluding tert-OH is 1. The minimum absolute atomic E-state index is 0.213. The Labute approximate surface area is 104 Å². The van der Waals surface area contributed by atoms with E-state index in [0.717, 1.165) is 27.9 Å². The summed E-state index contributed by atoms with van der Waals surface area (Å²) in [6, 6.07) is 3.92. The zero-order valence-electron chi connectivity index (χ0n) is 8.92. The van der Waals surface area contributed by atoms with Crippen molar-refractivity contribution in [2.75, 3.05) is 20.8 Å². The van der Waals surface area contributed by atoms with Gasteiger partial charge in [0.2, 0.25) is 0 Å². The molecule has 0 saturated heterocycles. The average Bonchev–Trinajstić information content (AvgIpc) is 2.27. The zero-order chi connectivity index (χ0) is 11.3. The van der Waals surface area contributed by atoms with Crippen molar-refractivity contribution < 1.29 is 14.6 Å². The molecule has 1 rings (SSSR count). The van der Waals surface area contributed by atoms with E-state index < -0.39 is 0 Å². The van der Waals surface area contributed by atoms with E-state index in [9.17, 15) is 0 Å². The SMILES string of the molecule is COc1cc(I)c(CCCO)cc1OC. The molecule has 0 amide bonds. The van der Waals surface area contributed by atoms with Gasteiger partial charge in [-0.1, -0.05) is 0 Å². The van der Waals surface area contributed by atoms with Crippen molar-refractivity contribution in [3.8, 4) is 11.5 Å². The molecule has 0 unspecified atom stereocenters. The number of aliphatic hydroxyl groups is 1. The first-order valence-electron chi connectivity index (χ1n) is 4.74. The molecule has 1 aromatic rings. The smallest absolute Gasteiger partial charge is 0.161 e. The second-order valence-electron chi connectivity index (χ2n) is 3.13. The highest BCUT2D eigenvalue weighted by Crippen LogP contribution is 2.31. The Hall–Kier alpha value is -0.490. The van der Waals surface area contributed by atoms with Crippen LogP contribution in [0.5, 0.6) is 11.5 Å². The third-order valence-corrected chi connectivity index (χ3v) is 3.16. The number of halogens is 1. The molecule has 0 atom stereocenters. The summed E-state index contributed by atoms with van der Waals surface area (Å²) >= 11 is 2.26. The first-order chi connectivity index (χ1) is 7.22. The van der Waals surface area contributed by atoms with E-state index in [1.807, 2.05) is 12.1 Å². The molecule has 0 aliphatic heterocycles. The Kier molecular flexibility index (Phi) is 5.17. The maximum absolute atomic E-state index is 8.79. The van der Waals surface area contributed by atoms with Crippen LogP contribution in [0, 0.1) is 3.57 Å². The van der Waals surface area contributed by atoms with E-state index in [1.54, 1.807) is 14.2 Å². The van der Waals surface area contributed by atoms with E-state index >= 15 is 0 Å². The molecule has 3 nitrogen and oxygen atoms in total. The lowest BCUT2D eigenvalue weighted by molar-refractivity contribution is 0.288. The minimum Gasteiger partial charge on any atom is -0.493 e. The van der Waals surface area contributed by atoms with Crippen LogP contribution in [0.15, 0.2) is 12.1 Å². The van der Waals surface area contributed by atoms with Crippen LogP contribution in [0.25, 0.3) is 0 Å². The number of aryl methyl sites for hydroxylation is 1. The maximum atomic E-state index is 8.79. The summed E-state index contributed by atoms with van der Waals surface area (Å²) in [5, 5.41) is 8.79. The largest absolute Gasteiger partial charge is 0.493 e. The standard InChI is InChI=1S/C11H15IO3/c1-14-10-6-8(4-3-5-13)9(12)7-11(10)15-2/h6-7,13H,3-5H2,1-2H3. The molecule has 0 bridgehead atoms. The molecular formula is C11H15IO3. The molecule has 1 N–H and O–H groups in total. The molecule has 84 valence electrons. The first kappa shape index (κ1) is 12.6. The molecule has 0 heterocycles. The molecule has 0 aliphatic rings. The van der Waals surface area contributed by atoms with Gasteiger partial charge in [-0.25, -0.2) is 0 Å². The number of rotatable bonds is 5. The average molecular weight is 322 g/mol. The lowest BCUT2D eigenvalue weighted by Crippen LogP contribution is -1.97. The van der Waals surface area contributed by atoms with Crippen LogP contribution >= 0.6 is 22.6 Å². The second kappa shape index (κ2) is 6.17. The second-order valence-corrected chi connectivity index (χ2v) is 4.29. The van der Waals surface area contributed by atoms with Gasteiger partial charge in [0.05, 0.1) is 14.2 Å². The van der Waals surface area contributed by atoms with E-state index in [1.165, 1.54) is 5.56 Å². The summed E-state index contributed by atoms with van der Waals surface area (Å²) in [5.41, 5.74) is 1.18. The van der Waals surface area contributed by atoms with Crippen LogP contribution in [0.3, 0.4) is 0 Å². The monoisotopic (exact) mass is 322 g/mol. The first-order valence-corrected chi connectivity index (χ1v) is 5.82. The predicted octanol–water partition coefficient (Wildman–Crippen LogP) is 2.23. The van der Waals surface area contributed by atoms with E-state index in [-0.39, 0.29) is 6.61 Å². The Morgan fingerprint density at radius 1 is 1.20 bits per heavy atom. The number of methoxy groups -OCH3 is 2. The number of hydrogen-bond acceptors (Lipinski definition) is 3. The lowest BCUT2D eigenvalue weighted by atomic mass is 10.1. The summed E-state index contributed by atoms with van der Waals surface area (Å²) in [5.74, 6) is 1.49. The van der Waals surface area contributed by atoms with Gasteiger partial charge in [-0.15, -0.1) is 0 Å². The van der Waals surface area contributed by atoms with Gasteiger partial charge >= 0.3 is 0 Å². The highest BCUT2D eigenvalue weighted by atomic mass is 127. The summed E-state index contributed by atoms with van der Waals surface area (Å²) in [4.78, 5) is 0. The van der Waals surface area contributed by atoms with Gasteiger partial charge in [-0.05, 0) is 53.1 Å².